The first kappa shape index (κ1) is 20.5. The second-order valence-electron chi connectivity index (χ2n) is 10.4. The molecule has 8 heteroatoms. The van der Waals surface area contributed by atoms with E-state index in [0.29, 0.717) is 42.1 Å². The number of carboxylic acid groups (broad SMARTS) is 1. The molecule has 3 N–H and O–H groups in total. The van der Waals surface area contributed by atoms with Crippen molar-refractivity contribution >= 4 is 17.8 Å². The predicted octanol–water partition coefficient (Wildman–Crippen LogP) is 2.50. The summed E-state index contributed by atoms with van der Waals surface area (Å²) in [5.74, 6) is 1.92. The van der Waals surface area contributed by atoms with Crippen LogP contribution in [0, 0.1) is 23.7 Å². The molecule has 6 rings (SSSR count). The summed E-state index contributed by atoms with van der Waals surface area (Å²) in [5, 5.41) is 24.4. The minimum absolute atomic E-state index is 0.100. The summed E-state index contributed by atoms with van der Waals surface area (Å²) in [7, 11) is 3.42. The van der Waals surface area contributed by atoms with E-state index in [1.54, 1.807) is 37.3 Å². The van der Waals surface area contributed by atoms with Gasteiger partial charge in [-0.2, -0.15) is 0 Å². The summed E-state index contributed by atoms with van der Waals surface area (Å²) < 4.78 is 0. The van der Waals surface area contributed by atoms with Crippen LogP contribution >= 0.6 is 0 Å². The Morgan fingerprint density at radius 1 is 1.23 bits per heavy atom. The van der Waals surface area contributed by atoms with Crippen molar-refractivity contribution in [3.05, 3.63) is 23.9 Å². The highest BCUT2D eigenvalue weighted by Crippen LogP contribution is 2.60. The van der Waals surface area contributed by atoms with Crippen molar-refractivity contribution in [1.29, 1.82) is 0 Å². The Morgan fingerprint density at radius 2 is 1.94 bits per heavy atom. The molecule has 1 aliphatic heterocycles. The van der Waals surface area contributed by atoms with Gasteiger partial charge in [0.2, 0.25) is 0 Å². The molecule has 1 aromatic heterocycles. The molecule has 5 fully saturated rings. The molecule has 168 valence electrons. The number of aliphatic hydroxyl groups is 1. The second-order valence-corrected chi connectivity index (χ2v) is 10.4. The van der Waals surface area contributed by atoms with Crippen molar-refractivity contribution in [3.8, 4) is 0 Å². The van der Waals surface area contributed by atoms with E-state index in [1.807, 2.05) is 0 Å². The van der Waals surface area contributed by atoms with Crippen LogP contribution in [0.5, 0.6) is 0 Å². The van der Waals surface area contributed by atoms with E-state index < -0.39 is 11.7 Å². The van der Waals surface area contributed by atoms with Crippen LogP contribution in [-0.4, -0.2) is 75.3 Å². The van der Waals surface area contributed by atoms with Gasteiger partial charge in [0.25, 0.3) is 5.91 Å². The van der Waals surface area contributed by atoms with Crippen LogP contribution in [-0.2, 0) is 0 Å². The number of pyridine rings is 1. The summed E-state index contributed by atoms with van der Waals surface area (Å²) >= 11 is 0. The maximum Gasteiger partial charge on any atom is 0.407 e. The number of carbonyl (C=O) groups excluding carboxylic acids is 1. The number of amides is 2. The maximum atomic E-state index is 12.6. The fraction of sp³-hybridized carbons (Fsp3) is 0.696. The van der Waals surface area contributed by atoms with E-state index in [0.717, 1.165) is 32.1 Å². The third kappa shape index (κ3) is 3.45. The Kier molecular flexibility index (Phi) is 4.88. The van der Waals surface area contributed by atoms with Gasteiger partial charge in [0.05, 0.1) is 23.2 Å². The Hall–Kier alpha value is -2.35. The Bertz CT molecular complexity index is 874. The molecule has 8 nitrogen and oxygen atoms in total. The highest BCUT2D eigenvalue weighted by molar-refractivity contribution is 5.98. The largest absolute Gasteiger partial charge is 0.465 e. The normalized spacial score (nSPS) is 38.4. The summed E-state index contributed by atoms with van der Waals surface area (Å²) in [4.78, 5) is 32.3. The minimum atomic E-state index is -0.882. The molecule has 7 atom stereocenters. The number of rotatable bonds is 4. The summed E-state index contributed by atoms with van der Waals surface area (Å²) in [6.07, 6.45) is 6.13. The molecule has 4 bridgehead atoms. The Labute approximate surface area is 182 Å². The standard InChI is InChI=1S/C23H32N4O4/c1-26(2)21(28)16-4-3-6-24-20(16)25-17-5-7-27(22(29)30)19(17)18-14-8-13-9-15(18)12-23(31,10-13)11-14/h3-4,6,13-15,17-19,31H,5,7-12H2,1-2H3,(H,24,25)(H,29,30)/t13?,14-,15+,17?,18?,19?,23?. The lowest BCUT2D eigenvalue weighted by molar-refractivity contribution is -0.162. The highest BCUT2D eigenvalue weighted by Gasteiger charge is 2.59. The molecule has 4 saturated carbocycles. The van der Waals surface area contributed by atoms with Gasteiger partial charge < -0.3 is 25.3 Å². The van der Waals surface area contributed by atoms with Crippen molar-refractivity contribution in [3.63, 3.8) is 0 Å². The van der Waals surface area contributed by atoms with Gasteiger partial charge in [-0.1, -0.05) is 0 Å². The fourth-order valence-corrected chi connectivity index (χ4v) is 7.36. The van der Waals surface area contributed by atoms with Gasteiger partial charge in [-0.25, -0.2) is 9.78 Å². The van der Waals surface area contributed by atoms with Crippen molar-refractivity contribution < 1.29 is 19.8 Å². The zero-order valence-electron chi connectivity index (χ0n) is 18.2. The summed E-state index contributed by atoms with van der Waals surface area (Å²) in [5.41, 5.74) is -0.0473. The van der Waals surface area contributed by atoms with Crippen LogP contribution < -0.4 is 5.32 Å². The first-order valence-corrected chi connectivity index (χ1v) is 11.4. The average Bonchev–Trinajstić information content (AvgIpc) is 3.10. The van der Waals surface area contributed by atoms with Gasteiger partial charge in [-0.05, 0) is 74.3 Å². The molecule has 1 saturated heterocycles. The predicted molar refractivity (Wildman–Crippen MR) is 115 cm³/mol. The quantitative estimate of drug-likeness (QED) is 0.680. The third-order valence-electron chi connectivity index (χ3n) is 8.17. The smallest absolute Gasteiger partial charge is 0.407 e. The van der Waals surface area contributed by atoms with Gasteiger partial charge in [0.15, 0.2) is 0 Å². The third-order valence-corrected chi connectivity index (χ3v) is 8.17. The van der Waals surface area contributed by atoms with E-state index in [9.17, 15) is 19.8 Å². The lowest BCUT2D eigenvalue weighted by atomic mass is 9.48. The molecule has 0 spiro atoms. The van der Waals surface area contributed by atoms with Crippen molar-refractivity contribution in [2.45, 2.75) is 56.2 Å². The van der Waals surface area contributed by atoms with E-state index in [1.165, 1.54) is 4.90 Å². The van der Waals surface area contributed by atoms with Crippen LogP contribution in [0.25, 0.3) is 0 Å². The van der Waals surface area contributed by atoms with Gasteiger partial charge >= 0.3 is 6.09 Å². The first-order valence-electron chi connectivity index (χ1n) is 11.4. The molecule has 2 amide bonds. The molecular weight excluding hydrogens is 396 g/mol. The van der Waals surface area contributed by atoms with Gasteiger partial charge in [0, 0.05) is 26.8 Å². The number of likely N-dealkylation sites (tertiary alicyclic amines) is 1. The van der Waals surface area contributed by atoms with Crippen LogP contribution in [0.3, 0.4) is 0 Å². The molecule has 4 aliphatic carbocycles. The molecule has 0 aromatic carbocycles. The van der Waals surface area contributed by atoms with Crippen LogP contribution in [0.4, 0.5) is 10.6 Å². The minimum Gasteiger partial charge on any atom is -0.465 e. The van der Waals surface area contributed by atoms with Crippen LogP contribution in [0.15, 0.2) is 18.3 Å². The lowest BCUT2D eigenvalue weighted by Gasteiger charge is -2.60. The highest BCUT2D eigenvalue weighted by atomic mass is 16.4. The van der Waals surface area contributed by atoms with E-state index in [4.69, 9.17) is 0 Å². The first-order chi connectivity index (χ1) is 14.8. The maximum absolute atomic E-state index is 12.6. The SMILES string of the molecule is CN(C)C(=O)c1cccnc1NC1CCN(C(=O)O)C1C1[C@@H]2CC3C[C@H]1CC(O)(C3)C2. The topological polar surface area (TPSA) is 106 Å². The number of anilines is 1. The Morgan fingerprint density at radius 3 is 2.55 bits per heavy atom. The van der Waals surface area contributed by atoms with E-state index in [-0.39, 0.29) is 23.9 Å². The number of hydrogen-bond donors (Lipinski definition) is 3. The van der Waals surface area contributed by atoms with Crippen molar-refractivity contribution in [2.75, 3.05) is 26.0 Å². The lowest BCUT2D eigenvalue weighted by Crippen LogP contribution is -2.61. The number of nitrogens with zero attached hydrogens (tertiary/aromatic N) is 3. The molecule has 5 aliphatic rings. The van der Waals surface area contributed by atoms with Crippen molar-refractivity contribution in [2.24, 2.45) is 23.7 Å². The van der Waals surface area contributed by atoms with Crippen LogP contribution in [0.1, 0.15) is 48.9 Å². The monoisotopic (exact) mass is 428 g/mol. The summed E-state index contributed by atoms with van der Waals surface area (Å²) in [6.45, 7) is 0.477. The zero-order chi connectivity index (χ0) is 21.9. The number of hydrogen-bond acceptors (Lipinski definition) is 5. The Balaban J connectivity index is 1.45. The summed E-state index contributed by atoms with van der Waals surface area (Å²) in [6, 6.07) is 3.24. The number of carbonyl (C=O) groups is 2. The zero-order valence-corrected chi connectivity index (χ0v) is 18.2. The number of nitrogens with one attached hydrogen (secondary N) is 1. The molecule has 2 heterocycles. The van der Waals surface area contributed by atoms with Gasteiger partial charge in [0.1, 0.15) is 5.82 Å². The molecule has 5 unspecified atom stereocenters. The van der Waals surface area contributed by atoms with Gasteiger partial charge in [-0.3, -0.25) is 4.79 Å². The van der Waals surface area contributed by atoms with E-state index >= 15 is 0 Å². The van der Waals surface area contributed by atoms with E-state index in [2.05, 4.69) is 10.3 Å². The number of aromatic nitrogens is 1. The van der Waals surface area contributed by atoms with Crippen LogP contribution in [0.2, 0.25) is 0 Å². The van der Waals surface area contributed by atoms with Crippen molar-refractivity contribution in [1.82, 2.24) is 14.8 Å². The average molecular weight is 429 g/mol. The molecule has 31 heavy (non-hydrogen) atoms. The van der Waals surface area contributed by atoms with Gasteiger partial charge in [-0.15, -0.1) is 0 Å². The second kappa shape index (κ2) is 7.36. The fourth-order valence-electron chi connectivity index (χ4n) is 7.36. The molecular formula is C23H32N4O4. The molecule has 0 radical (unpaired) electrons. The molecule has 1 aromatic rings.